The van der Waals surface area contributed by atoms with Gasteiger partial charge in [0.05, 0.1) is 6.61 Å². The standard InChI is InChI=1S/C13H20O2/c1-9(2)12-7-10(3)13(11(4)8-12)15-6-5-14/h7-9,14H,5-6H2,1-4H3. The van der Waals surface area contributed by atoms with Gasteiger partial charge in [0.2, 0.25) is 0 Å². The van der Waals surface area contributed by atoms with E-state index < -0.39 is 0 Å². The van der Waals surface area contributed by atoms with E-state index in [0.717, 1.165) is 16.9 Å². The normalized spacial score (nSPS) is 10.8. The molecule has 1 aromatic carbocycles. The zero-order valence-electron chi connectivity index (χ0n) is 10.0. The average Bonchev–Trinajstić information content (AvgIpc) is 2.16. The number of benzene rings is 1. The second kappa shape index (κ2) is 5.17. The molecule has 0 bridgehead atoms. The highest BCUT2D eigenvalue weighted by Crippen LogP contribution is 2.27. The molecule has 1 rings (SSSR count). The van der Waals surface area contributed by atoms with Crippen molar-refractivity contribution in [1.82, 2.24) is 0 Å². The third-order valence-electron chi connectivity index (χ3n) is 2.49. The van der Waals surface area contributed by atoms with Gasteiger partial charge in [-0.15, -0.1) is 0 Å². The van der Waals surface area contributed by atoms with E-state index in [0.29, 0.717) is 12.5 Å². The third kappa shape index (κ3) is 2.96. The second-order valence-corrected chi connectivity index (χ2v) is 4.21. The maximum atomic E-state index is 8.73. The van der Waals surface area contributed by atoms with Crippen LogP contribution in [0.5, 0.6) is 5.75 Å². The Morgan fingerprint density at radius 1 is 1.20 bits per heavy atom. The summed E-state index contributed by atoms with van der Waals surface area (Å²) in [6.45, 7) is 8.88. The molecule has 0 unspecified atom stereocenters. The van der Waals surface area contributed by atoms with Crippen LogP contribution >= 0.6 is 0 Å². The first-order valence-electron chi connectivity index (χ1n) is 5.41. The van der Waals surface area contributed by atoms with Crippen LogP contribution in [0.25, 0.3) is 0 Å². The Morgan fingerprint density at radius 3 is 2.13 bits per heavy atom. The summed E-state index contributed by atoms with van der Waals surface area (Å²) in [4.78, 5) is 0. The number of aliphatic hydroxyl groups is 1. The molecule has 2 heteroatoms. The number of rotatable bonds is 4. The van der Waals surface area contributed by atoms with Gasteiger partial charge in [-0.2, -0.15) is 0 Å². The van der Waals surface area contributed by atoms with Crippen molar-refractivity contribution in [3.8, 4) is 5.75 Å². The maximum Gasteiger partial charge on any atom is 0.125 e. The minimum Gasteiger partial charge on any atom is -0.491 e. The van der Waals surface area contributed by atoms with Crippen LogP contribution in [0.4, 0.5) is 0 Å². The molecular weight excluding hydrogens is 188 g/mol. The highest BCUT2D eigenvalue weighted by Gasteiger charge is 2.08. The molecule has 0 aliphatic heterocycles. The smallest absolute Gasteiger partial charge is 0.125 e. The molecule has 0 radical (unpaired) electrons. The first kappa shape index (κ1) is 12.1. The number of aliphatic hydroxyl groups excluding tert-OH is 1. The zero-order valence-corrected chi connectivity index (χ0v) is 10.0. The van der Waals surface area contributed by atoms with E-state index in [9.17, 15) is 0 Å². The Balaban J connectivity index is 2.99. The molecular formula is C13H20O2. The van der Waals surface area contributed by atoms with Crippen LogP contribution in [0.1, 0.15) is 36.5 Å². The van der Waals surface area contributed by atoms with Gasteiger partial charge in [-0.1, -0.05) is 26.0 Å². The van der Waals surface area contributed by atoms with Crippen molar-refractivity contribution in [2.45, 2.75) is 33.6 Å². The average molecular weight is 208 g/mol. The molecule has 0 saturated heterocycles. The summed E-state index contributed by atoms with van der Waals surface area (Å²) < 4.78 is 5.50. The van der Waals surface area contributed by atoms with Gasteiger partial charge in [0.1, 0.15) is 12.4 Å². The summed E-state index contributed by atoms with van der Waals surface area (Å²) in [6.07, 6.45) is 0. The van der Waals surface area contributed by atoms with Crippen LogP contribution in [-0.4, -0.2) is 18.3 Å². The minimum absolute atomic E-state index is 0.0603. The predicted octanol–water partition coefficient (Wildman–Crippen LogP) is 2.80. The molecule has 1 aromatic rings. The Labute approximate surface area is 91.9 Å². The summed E-state index contributed by atoms with van der Waals surface area (Å²) in [7, 11) is 0. The molecule has 0 aromatic heterocycles. The Kier molecular flexibility index (Phi) is 4.15. The zero-order chi connectivity index (χ0) is 11.4. The molecule has 0 spiro atoms. The molecule has 0 fully saturated rings. The van der Waals surface area contributed by atoms with Crippen LogP contribution in [0.2, 0.25) is 0 Å². The maximum absolute atomic E-state index is 8.73. The van der Waals surface area contributed by atoms with Gasteiger partial charge < -0.3 is 9.84 Å². The lowest BCUT2D eigenvalue weighted by molar-refractivity contribution is 0.200. The van der Waals surface area contributed by atoms with Gasteiger partial charge >= 0.3 is 0 Å². The van der Waals surface area contributed by atoms with Crippen LogP contribution < -0.4 is 4.74 Å². The van der Waals surface area contributed by atoms with Crippen molar-refractivity contribution in [3.05, 3.63) is 28.8 Å². The summed E-state index contributed by atoms with van der Waals surface area (Å²) in [5.41, 5.74) is 3.63. The molecule has 0 saturated carbocycles. The van der Waals surface area contributed by atoms with Crippen LogP contribution in [0.3, 0.4) is 0 Å². The molecule has 0 amide bonds. The van der Waals surface area contributed by atoms with Crippen molar-refractivity contribution in [3.63, 3.8) is 0 Å². The van der Waals surface area contributed by atoms with E-state index in [2.05, 4.69) is 26.0 Å². The van der Waals surface area contributed by atoms with Crippen molar-refractivity contribution < 1.29 is 9.84 Å². The van der Waals surface area contributed by atoms with Gasteiger partial charge in [0.25, 0.3) is 0 Å². The van der Waals surface area contributed by atoms with Crippen molar-refractivity contribution in [1.29, 1.82) is 0 Å². The summed E-state index contributed by atoms with van der Waals surface area (Å²) >= 11 is 0. The lowest BCUT2D eigenvalue weighted by Gasteiger charge is -2.14. The highest BCUT2D eigenvalue weighted by atomic mass is 16.5. The molecule has 0 aliphatic rings. The van der Waals surface area contributed by atoms with E-state index in [1.165, 1.54) is 5.56 Å². The van der Waals surface area contributed by atoms with Gasteiger partial charge in [0.15, 0.2) is 0 Å². The summed E-state index contributed by atoms with van der Waals surface area (Å²) in [5.74, 6) is 1.45. The third-order valence-corrected chi connectivity index (χ3v) is 2.49. The van der Waals surface area contributed by atoms with E-state index in [1.807, 2.05) is 13.8 Å². The van der Waals surface area contributed by atoms with Crippen molar-refractivity contribution in [2.24, 2.45) is 0 Å². The van der Waals surface area contributed by atoms with Crippen molar-refractivity contribution >= 4 is 0 Å². The molecule has 0 aliphatic carbocycles. The fourth-order valence-corrected chi connectivity index (χ4v) is 1.69. The highest BCUT2D eigenvalue weighted by molar-refractivity contribution is 5.44. The summed E-state index contributed by atoms with van der Waals surface area (Å²) in [6, 6.07) is 4.31. The van der Waals surface area contributed by atoms with E-state index in [-0.39, 0.29) is 6.61 Å². The number of ether oxygens (including phenoxy) is 1. The van der Waals surface area contributed by atoms with Gasteiger partial charge in [-0.25, -0.2) is 0 Å². The molecule has 15 heavy (non-hydrogen) atoms. The van der Waals surface area contributed by atoms with E-state index in [4.69, 9.17) is 9.84 Å². The van der Waals surface area contributed by atoms with Gasteiger partial charge in [-0.05, 0) is 36.5 Å². The lowest BCUT2D eigenvalue weighted by Crippen LogP contribution is -2.05. The Hall–Kier alpha value is -1.02. The fraction of sp³-hybridized carbons (Fsp3) is 0.538. The van der Waals surface area contributed by atoms with E-state index in [1.54, 1.807) is 0 Å². The molecule has 84 valence electrons. The van der Waals surface area contributed by atoms with E-state index >= 15 is 0 Å². The molecule has 0 atom stereocenters. The van der Waals surface area contributed by atoms with Gasteiger partial charge in [0, 0.05) is 0 Å². The van der Waals surface area contributed by atoms with Crippen molar-refractivity contribution in [2.75, 3.05) is 13.2 Å². The lowest BCUT2D eigenvalue weighted by atomic mass is 9.98. The Bertz CT molecular complexity index is 306. The van der Waals surface area contributed by atoms with Crippen LogP contribution in [-0.2, 0) is 0 Å². The molecule has 0 heterocycles. The summed E-state index contributed by atoms with van der Waals surface area (Å²) in [5, 5.41) is 8.73. The molecule has 2 nitrogen and oxygen atoms in total. The second-order valence-electron chi connectivity index (χ2n) is 4.21. The predicted molar refractivity (Wildman–Crippen MR) is 62.6 cm³/mol. The van der Waals surface area contributed by atoms with Gasteiger partial charge in [-0.3, -0.25) is 0 Å². The Morgan fingerprint density at radius 2 is 1.73 bits per heavy atom. The number of hydrogen-bond acceptors (Lipinski definition) is 2. The molecule has 1 N–H and O–H groups in total. The SMILES string of the molecule is Cc1cc(C(C)C)cc(C)c1OCCO. The number of aryl methyl sites for hydroxylation is 2. The van der Waals surface area contributed by atoms with Crippen LogP contribution in [0, 0.1) is 13.8 Å². The number of hydrogen-bond donors (Lipinski definition) is 1. The first-order valence-corrected chi connectivity index (χ1v) is 5.41. The minimum atomic E-state index is 0.0603. The first-order chi connectivity index (χ1) is 7.06. The fourth-order valence-electron chi connectivity index (χ4n) is 1.69. The topological polar surface area (TPSA) is 29.5 Å². The quantitative estimate of drug-likeness (QED) is 0.824. The van der Waals surface area contributed by atoms with Crippen LogP contribution in [0.15, 0.2) is 12.1 Å². The largest absolute Gasteiger partial charge is 0.491 e. The monoisotopic (exact) mass is 208 g/mol.